The molecule has 0 aliphatic carbocycles. The Hall–Kier alpha value is -0.0551. The first-order chi connectivity index (χ1) is 4.29. The molecule has 3 saturated heterocycles. The molecule has 0 spiro atoms. The van der Waals surface area contributed by atoms with Crippen LogP contribution in [0.5, 0.6) is 0 Å². The van der Waals surface area contributed by atoms with Crippen molar-refractivity contribution in [3.8, 4) is 0 Å². The molecule has 9 heavy (non-hydrogen) atoms. The van der Waals surface area contributed by atoms with Crippen molar-refractivity contribution in [2.24, 2.45) is 5.41 Å². The van der Waals surface area contributed by atoms with Crippen LogP contribution in [0.15, 0.2) is 0 Å². The quantitative estimate of drug-likeness (QED) is 0.423. The molecule has 3 rings (SSSR count). The minimum Gasteiger partial charge on any atom is -0.547 e. The summed E-state index contributed by atoms with van der Waals surface area (Å²) < 4.78 is 15.7. The molecule has 0 unspecified atom stereocenters. The second-order valence-corrected chi connectivity index (χ2v) is 3.21. The van der Waals surface area contributed by atoms with E-state index in [1.165, 1.54) is 0 Å². The maximum atomic E-state index is 5.22. The smallest absolute Gasteiger partial charge is 0.364 e. The fourth-order valence-electron chi connectivity index (χ4n) is 1.29. The van der Waals surface area contributed by atoms with E-state index in [2.05, 4.69) is 6.92 Å². The molecule has 3 nitrogen and oxygen atoms in total. The third kappa shape index (κ3) is 0.872. The van der Waals surface area contributed by atoms with Crippen molar-refractivity contribution in [3.05, 3.63) is 0 Å². The molecule has 0 radical (unpaired) electrons. The van der Waals surface area contributed by atoms with Gasteiger partial charge in [-0.05, 0) is 0 Å². The van der Waals surface area contributed by atoms with Gasteiger partial charge in [-0.15, -0.1) is 0 Å². The maximum absolute atomic E-state index is 5.22. The van der Waals surface area contributed by atoms with Crippen LogP contribution < -0.4 is 0 Å². The predicted molar refractivity (Wildman–Crippen MR) is 33.1 cm³/mol. The zero-order chi connectivity index (χ0) is 6.32. The van der Waals surface area contributed by atoms with E-state index in [4.69, 9.17) is 14.0 Å². The summed E-state index contributed by atoms with van der Waals surface area (Å²) in [5.74, 6) is 0. The lowest BCUT2D eigenvalue weighted by molar-refractivity contribution is -0.106. The highest BCUT2D eigenvalue weighted by Crippen LogP contribution is 2.28. The standard InChI is InChI=1S/C5H10BO3/c1-5-2-7-6(8-3-5)9-4-5/h6H,2-4H2,1H3/q-1. The molecule has 0 aromatic rings. The second kappa shape index (κ2) is 1.72. The topological polar surface area (TPSA) is 27.7 Å². The highest BCUT2D eigenvalue weighted by Gasteiger charge is 2.34. The van der Waals surface area contributed by atoms with Crippen LogP contribution in [-0.2, 0) is 14.0 Å². The molecular formula is C5H10BO3-. The Morgan fingerprint density at radius 3 is 1.78 bits per heavy atom. The third-order valence-corrected chi connectivity index (χ3v) is 1.85. The summed E-state index contributed by atoms with van der Waals surface area (Å²) in [7, 11) is -1.10. The van der Waals surface area contributed by atoms with Gasteiger partial charge in [-0.2, -0.15) is 0 Å². The molecule has 4 heteroatoms. The normalized spacial score (nSPS) is 49.7. The molecule has 2 bridgehead atoms. The van der Waals surface area contributed by atoms with Crippen molar-refractivity contribution in [3.63, 3.8) is 0 Å². The molecule has 3 aliphatic rings. The van der Waals surface area contributed by atoms with E-state index in [0.29, 0.717) is 0 Å². The van der Waals surface area contributed by atoms with E-state index in [0.717, 1.165) is 19.8 Å². The number of rotatable bonds is 0. The van der Waals surface area contributed by atoms with E-state index in [9.17, 15) is 0 Å². The minimum atomic E-state index is -1.10. The summed E-state index contributed by atoms with van der Waals surface area (Å²) in [4.78, 5) is 0. The largest absolute Gasteiger partial charge is 0.547 e. The zero-order valence-electron chi connectivity index (χ0n) is 5.55. The van der Waals surface area contributed by atoms with Crippen LogP contribution in [0.1, 0.15) is 6.92 Å². The fraction of sp³-hybridized carbons (Fsp3) is 1.00. The second-order valence-electron chi connectivity index (χ2n) is 3.21. The number of hydrogen-bond donors (Lipinski definition) is 0. The molecule has 0 saturated carbocycles. The van der Waals surface area contributed by atoms with Gasteiger partial charge in [0.05, 0.1) is 0 Å². The first kappa shape index (κ1) is 5.71. The van der Waals surface area contributed by atoms with Crippen LogP contribution in [0, 0.1) is 5.41 Å². The van der Waals surface area contributed by atoms with Crippen molar-refractivity contribution in [2.45, 2.75) is 6.92 Å². The van der Waals surface area contributed by atoms with Crippen LogP contribution in [0.2, 0.25) is 0 Å². The molecule has 3 heterocycles. The van der Waals surface area contributed by atoms with Gasteiger partial charge in [0.25, 0.3) is 0 Å². The Morgan fingerprint density at radius 1 is 1.11 bits per heavy atom. The molecule has 0 aromatic carbocycles. The first-order valence-corrected chi connectivity index (χ1v) is 3.29. The monoisotopic (exact) mass is 129 g/mol. The van der Waals surface area contributed by atoms with Gasteiger partial charge in [0.2, 0.25) is 0 Å². The summed E-state index contributed by atoms with van der Waals surface area (Å²) in [5.41, 5.74) is 0.141. The predicted octanol–water partition coefficient (Wildman–Crippen LogP) is -0.213. The van der Waals surface area contributed by atoms with E-state index in [1.54, 1.807) is 0 Å². The van der Waals surface area contributed by atoms with Gasteiger partial charge < -0.3 is 14.0 Å². The van der Waals surface area contributed by atoms with Gasteiger partial charge in [-0.1, -0.05) is 6.92 Å². The SMILES string of the molecule is CC12CO[BH-](OC1)OC2. The van der Waals surface area contributed by atoms with E-state index in [1.807, 2.05) is 0 Å². The van der Waals surface area contributed by atoms with Gasteiger partial charge in [0.15, 0.2) is 0 Å². The average molecular weight is 129 g/mol. The summed E-state index contributed by atoms with van der Waals surface area (Å²) >= 11 is 0. The molecule has 0 N–H and O–H groups in total. The van der Waals surface area contributed by atoms with Crippen molar-refractivity contribution in [2.75, 3.05) is 19.8 Å². The minimum absolute atomic E-state index is 0.141. The Morgan fingerprint density at radius 2 is 1.56 bits per heavy atom. The zero-order valence-corrected chi connectivity index (χ0v) is 5.55. The fourth-order valence-corrected chi connectivity index (χ4v) is 1.29. The van der Waals surface area contributed by atoms with E-state index >= 15 is 0 Å². The van der Waals surface area contributed by atoms with Gasteiger partial charge in [-0.3, -0.25) is 0 Å². The van der Waals surface area contributed by atoms with Crippen LogP contribution in [0.4, 0.5) is 0 Å². The summed E-state index contributed by atoms with van der Waals surface area (Å²) in [6.07, 6.45) is 0. The lowest BCUT2D eigenvalue weighted by Gasteiger charge is -2.50. The van der Waals surface area contributed by atoms with Crippen molar-refractivity contribution < 1.29 is 14.0 Å². The molecule has 0 amide bonds. The molecule has 0 atom stereocenters. The van der Waals surface area contributed by atoms with Gasteiger partial charge in [-0.25, -0.2) is 0 Å². The van der Waals surface area contributed by atoms with Crippen LogP contribution in [0.3, 0.4) is 0 Å². The van der Waals surface area contributed by atoms with Crippen molar-refractivity contribution in [1.29, 1.82) is 0 Å². The highest BCUT2D eigenvalue weighted by molar-refractivity contribution is 6.36. The highest BCUT2D eigenvalue weighted by atomic mass is 16.8. The molecule has 0 aromatic heterocycles. The van der Waals surface area contributed by atoms with Crippen LogP contribution in [0.25, 0.3) is 0 Å². The Balaban J connectivity index is 2.11. The van der Waals surface area contributed by atoms with Gasteiger partial charge >= 0.3 is 7.32 Å². The lowest BCUT2D eigenvalue weighted by atomic mass is 9.87. The maximum Gasteiger partial charge on any atom is 0.364 e. The summed E-state index contributed by atoms with van der Waals surface area (Å²) in [6.45, 7) is 4.55. The third-order valence-electron chi connectivity index (χ3n) is 1.85. The first-order valence-electron chi connectivity index (χ1n) is 3.29. The summed E-state index contributed by atoms with van der Waals surface area (Å²) in [6, 6.07) is 0. The number of fused-ring (bicyclic) bond motifs is 3. The molecule has 3 aliphatic heterocycles. The van der Waals surface area contributed by atoms with Crippen molar-refractivity contribution >= 4 is 7.32 Å². The van der Waals surface area contributed by atoms with Crippen molar-refractivity contribution in [1.82, 2.24) is 0 Å². The average Bonchev–Trinajstić information content (AvgIpc) is 1.90. The van der Waals surface area contributed by atoms with Crippen LogP contribution >= 0.6 is 0 Å². The molecule has 52 valence electrons. The van der Waals surface area contributed by atoms with Crippen LogP contribution in [-0.4, -0.2) is 27.1 Å². The Kier molecular flexibility index (Phi) is 1.09. The van der Waals surface area contributed by atoms with E-state index < -0.39 is 7.32 Å². The van der Waals surface area contributed by atoms with E-state index in [-0.39, 0.29) is 5.41 Å². The van der Waals surface area contributed by atoms with Gasteiger partial charge in [0, 0.05) is 25.2 Å². The Labute approximate surface area is 54.5 Å². The molecule has 3 fully saturated rings. The Bertz CT molecular complexity index is 106. The summed E-state index contributed by atoms with van der Waals surface area (Å²) in [5, 5.41) is 0. The molecular weight excluding hydrogens is 119 g/mol. The lowest BCUT2D eigenvalue weighted by Crippen LogP contribution is -2.53. The van der Waals surface area contributed by atoms with Gasteiger partial charge in [0.1, 0.15) is 0 Å². The number of hydrogen-bond acceptors (Lipinski definition) is 3.